The van der Waals surface area contributed by atoms with Crippen molar-refractivity contribution in [1.29, 1.82) is 0 Å². The SMILES string of the molecule is CCNCC1(c2cc(C)ccc2C)COC1. The van der Waals surface area contributed by atoms with Crippen molar-refractivity contribution in [3.8, 4) is 0 Å². The Morgan fingerprint density at radius 3 is 2.62 bits per heavy atom. The summed E-state index contributed by atoms with van der Waals surface area (Å²) in [6.07, 6.45) is 0. The number of hydrogen-bond acceptors (Lipinski definition) is 2. The molecule has 1 saturated heterocycles. The summed E-state index contributed by atoms with van der Waals surface area (Å²) in [5.41, 5.74) is 4.39. The highest BCUT2D eigenvalue weighted by Gasteiger charge is 2.40. The molecule has 88 valence electrons. The van der Waals surface area contributed by atoms with Crippen molar-refractivity contribution in [3.63, 3.8) is 0 Å². The molecule has 1 aliphatic heterocycles. The average Bonchev–Trinajstić information content (AvgIpc) is 2.21. The molecule has 0 radical (unpaired) electrons. The Kier molecular flexibility index (Phi) is 3.31. The van der Waals surface area contributed by atoms with Crippen LogP contribution in [-0.2, 0) is 10.2 Å². The Morgan fingerprint density at radius 1 is 1.31 bits per heavy atom. The monoisotopic (exact) mass is 219 g/mol. The minimum atomic E-state index is 0.214. The van der Waals surface area contributed by atoms with Crippen LogP contribution in [0.25, 0.3) is 0 Å². The highest BCUT2D eigenvalue weighted by molar-refractivity contribution is 5.38. The third-order valence-corrected chi connectivity index (χ3v) is 3.43. The highest BCUT2D eigenvalue weighted by Crippen LogP contribution is 2.34. The zero-order valence-corrected chi connectivity index (χ0v) is 10.5. The van der Waals surface area contributed by atoms with E-state index in [4.69, 9.17) is 4.74 Å². The first kappa shape index (κ1) is 11.6. The van der Waals surface area contributed by atoms with Gasteiger partial charge in [-0.15, -0.1) is 0 Å². The van der Waals surface area contributed by atoms with E-state index in [1.807, 2.05) is 0 Å². The summed E-state index contributed by atoms with van der Waals surface area (Å²) in [5, 5.41) is 3.46. The minimum absolute atomic E-state index is 0.214. The Bertz CT molecular complexity index is 369. The van der Waals surface area contributed by atoms with Gasteiger partial charge in [-0.2, -0.15) is 0 Å². The molecular weight excluding hydrogens is 198 g/mol. The first-order chi connectivity index (χ1) is 7.68. The van der Waals surface area contributed by atoms with E-state index in [9.17, 15) is 0 Å². The molecule has 1 aliphatic rings. The van der Waals surface area contributed by atoms with Gasteiger partial charge in [0.15, 0.2) is 0 Å². The molecule has 0 spiro atoms. The van der Waals surface area contributed by atoms with Crippen LogP contribution in [0.5, 0.6) is 0 Å². The Balaban J connectivity index is 2.28. The van der Waals surface area contributed by atoms with Crippen LogP contribution in [0.4, 0.5) is 0 Å². The Morgan fingerprint density at radius 2 is 2.06 bits per heavy atom. The largest absolute Gasteiger partial charge is 0.379 e. The van der Waals surface area contributed by atoms with Gasteiger partial charge in [-0.05, 0) is 31.5 Å². The number of likely N-dealkylation sites (N-methyl/N-ethyl adjacent to an activating group) is 1. The minimum Gasteiger partial charge on any atom is -0.379 e. The maximum atomic E-state index is 5.44. The molecular formula is C14H21NO. The van der Waals surface area contributed by atoms with Gasteiger partial charge >= 0.3 is 0 Å². The summed E-state index contributed by atoms with van der Waals surface area (Å²) in [7, 11) is 0. The van der Waals surface area contributed by atoms with Crippen molar-refractivity contribution in [2.75, 3.05) is 26.3 Å². The maximum Gasteiger partial charge on any atom is 0.0598 e. The van der Waals surface area contributed by atoms with E-state index in [0.29, 0.717) is 0 Å². The maximum absolute atomic E-state index is 5.44. The molecule has 1 aromatic rings. The Hall–Kier alpha value is -0.860. The zero-order chi connectivity index (χ0) is 11.6. The molecule has 2 nitrogen and oxygen atoms in total. The van der Waals surface area contributed by atoms with Crippen molar-refractivity contribution in [1.82, 2.24) is 5.32 Å². The molecule has 2 rings (SSSR count). The summed E-state index contributed by atoms with van der Waals surface area (Å²) in [6, 6.07) is 6.71. The lowest BCUT2D eigenvalue weighted by Crippen LogP contribution is -2.53. The second-order valence-electron chi connectivity index (χ2n) is 4.87. The quantitative estimate of drug-likeness (QED) is 0.838. The molecule has 1 aromatic carbocycles. The summed E-state index contributed by atoms with van der Waals surface area (Å²) < 4.78 is 5.44. The fourth-order valence-corrected chi connectivity index (χ4v) is 2.37. The molecule has 0 amide bonds. The average molecular weight is 219 g/mol. The van der Waals surface area contributed by atoms with Crippen LogP contribution in [0.1, 0.15) is 23.6 Å². The van der Waals surface area contributed by atoms with Gasteiger partial charge in [0.05, 0.1) is 18.6 Å². The molecule has 0 aromatic heterocycles. The number of rotatable bonds is 4. The van der Waals surface area contributed by atoms with Gasteiger partial charge in [-0.1, -0.05) is 30.7 Å². The topological polar surface area (TPSA) is 21.3 Å². The first-order valence-corrected chi connectivity index (χ1v) is 6.04. The lowest BCUT2D eigenvalue weighted by atomic mass is 9.76. The van der Waals surface area contributed by atoms with E-state index in [0.717, 1.165) is 26.3 Å². The number of benzene rings is 1. The standard InChI is InChI=1S/C14H21NO/c1-4-15-8-14(9-16-10-14)13-7-11(2)5-6-12(13)3/h5-7,15H,4,8-10H2,1-3H3. The van der Waals surface area contributed by atoms with Gasteiger partial charge in [0.25, 0.3) is 0 Å². The lowest BCUT2D eigenvalue weighted by molar-refractivity contribution is -0.0591. The van der Waals surface area contributed by atoms with E-state index >= 15 is 0 Å². The van der Waals surface area contributed by atoms with Gasteiger partial charge in [0.1, 0.15) is 0 Å². The van der Waals surface area contributed by atoms with Crippen molar-refractivity contribution >= 4 is 0 Å². The summed E-state index contributed by atoms with van der Waals surface area (Å²) in [5.74, 6) is 0. The van der Waals surface area contributed by atoms with Crippen LogP contribution in [-0.4, -0.2) is 26.3 Å². The highest BCUT2D eigenvalue weighted by atomic mass is 16.5. The Labute approximate surface area is 98.0 Å². The van der Waals surface area contributed by atoms with Gasteiger partial charge in [-0.3, -0.25) is 0 Å². The predicted molar refractivity (Wildman–Crippen MR) is 67.0 cm³/mol. The molecule has 1 fully saturated rings. The molecule has 16 heavy (non-hydrogen) atoms. The van der Waals surface area contributed by atoms with Crippen LogP contribution in [0.2, 0.25) is 0 Å². The second kappa shape index (κ2) is 4.56. The predicted octanol–water partition coefficient (Wildman–Crippen LogP) is 2.18. The van der Waals surface area contributed by atoms with Crippen LogP contribution >= 0.6 is 0 Å². The van der Waals surface area contributed by atoms with E-state index in [1.54, 1.807) is 0 Å². The van der Waals surface area contributed by atoms with E-state index in [1.165, 1.54) is 16.7 Å². The molecule has 2 heteroatoms. The molecule has 0 atom stereocenters. The number of aryl methyl sites for hydroxylation is 2. The third kappa shape index (κ3) is 2.00. The third-order valence-electron chi connectivity index (χ3n) is 3.43. The molecule has 0 aliphatic carbocycles. The van der Waals surface area contributed by atoms with E-state index < -0.39 is 0 Å². The van der Waals surface area contributed by atoms with Crippen LogP contribution < -0.4 is 5.32 Å². The molecule has 0 saturated carbocycles. The van der Waals surface area contributed by atoms with Gasteiger partial charge < -0.3 is 10.1 Å². The number of hydrogen-bond donors (Lipinski definition) is 1. The number of nitrogens with one attached hydrogen (secondary N) is 1. The first-order valence-electron chi connectivity index (χ1n) is 6.04. The summed E-state index contributed by atoms with van der Waals surface area (Å²) in [6.45, 7) is 10.2. The normalized spacial score (nSPS) is 18.2. The van der Waals surface area contributed by atoms with Gasteiger partial charge in [0.2, 0.25) is 0 Å². The zero-order valence-electron chi connectivity index (χ0n) is 10.5. The van der Waals surface area contributed by atoms with E-state index in [2.05, 4.69) is 44.3 Å². The number of ether oxygens (including phenoxy) is 1. The summed E-state index contributed by atoms with van der Waals surface area (Å²) >= 11 is 0. The smallest absolute Gasteiger partial charge is 0.0598 e. The van der Waals surface area contributed by atoms with Crippen LogP contribution in [0.15, 0.2) is 18.2 Å². The summed E-state index contributed by atoms with van der Waals surface area (Å²) in [4.78, 5) is 0. The fraction of sp³-hybridized carbons (Fsp3) is 0.571. The fourth-order valence-electron chi connectivity index (χ4n) is 2.37. The van der Waals surface area contributed by atoms with Crippen molar-refractivity contribution in [2.24, 2.45) is 0 Å². The molecule has 0 bridgehead atoms. The van der Waals surface area contributed by atoms with Crippen molar-refractivity contribution < 1.29 is 4.74 Å². The van der Waals surface area contributed by atoms with Crippen LogP contribution in [0.3, 0.4) is 0 Å². The second-order valence-corrected chi connectivity index (χ2v) is 4.87. The lowest BCUT2D eigenvalue weighted by Gasteiger charge is -2.43. The molecule has 0 unspecified atom stereocenters. The van der Waals surface area contributed by atoms with Gasteiger partial charge in [-0.25, -0.2) is 0 Å². The molecule has 1 N–H and O–H groups in total. The van der Waals surface area contributed by atoms with E-state index in [-0.39, 0.29) is 5.41 Å². The van der Waals surface area contributed by atoms with Crippen molar-refractivity contribution in [2.45, 2.75) is 26.2 Å². The van der Waals surface area contributed by atoms with Crippen LogP contribution in [0, 0.1) is 13.8 Å². The van der Waals surface area contributed by atoms with Gasteiger partial charge in [0, 0.05) is 6.54 Å². The molecule has 1 heterocycles. The van der Waals surface area contributed by atoms with Crippen molar-refractivity contribution in [3.05, 3.63) is 34.9 Å².